The fraction of sp³-hybridized carbons (Fsp3) is 0.750. The monoisotopic (exact) mass is 168 g/mol. The topological polar surface area (TPSA) is 49.4 Å². The van der Waals surface area contributed by atoms with Gasteiger partial charge >= 0.3 is 0 Å². The van der Waals surface area contributed by atoms with Gasteiger partial charge in [-0.1, -0.05) is 0 Å². The van der Waals surface area contributed by atoms with E-state index in [1.807, 2.05) is 20.8 Å². The highest BCUT2D eigenvalue weighted by Crippen LogP contribution is 1.89. The molecule has 0 N–H and O–H groups in total. The van der Waals surface area contributed by atoms with Crippen molar-refractivity contribution < 1.29 is 0 Å². The number of rotatable bonds is 4. The van der Waals surface area contributed by atoms with E-state index in [9.17, 15) is 0 Å². The van der Waals surface area contributed by atoms with Crippen LogP contribution in [0.25, 0.3) is 0 Å². The summed E-state index contributed by atoms with van der Waals surface area (Å²) in [5.74, 6) is 0. The highest BCUT2D eigenvalue weighted by Gasteiger charge is 1.88. The molecule has 0 amide bonds. The van der Waals surface area contributed by atoms with Crippen molar-refractivity contribution in [3.05, 3.63) is 0 Å². The molecule has 12 heavy (non-hydrogen) atoms. The minimum atomic E-state index is 0.699. The summed E-state index contributed by atoms with van der Waals surface area (Å²) in [6.45, 7) is 6.48. The fourth-order valence-corrected chi connectivity index (χ4v) is 0.547. The van der Waals surface area contributed by atoms with Crippen molar-refractivity contribution in [2.75, 3.05) is 13.6 Å². The Morgan fingerprint density at radius 1 is 1.08 bits per heavy atom. The molecule has 0 fully saturated rings. The van der Waals surface area contributed by atoms with Crippen molar-refractivity contribution in [3.8, 4) is 0 Å². The molecule has 68 valence electrons. The van der Waals surface area contributed by atoms with Crippen LogP contribution in [0, 0.1) is 0 Å². The van der Waals surface area contributed by atoms with Crippen LogP contribution in [0.4, 0.5) is 0 Å². The maximum absolute atomic E-state index is 4.00. The van der Waals surface area contributed by atoms with Crippen LogP contribution in [0.15, 0.2) is 20.4 Å². The van der Waals surface area contributed by atoms with Gasteiger partial charge in [0, 0.05) is 24.9 Å². The van der Waals surface area contributed by atoms with Gasteiger partial charge in [-0.2, -0.15) is 20.4 Å². The molecule has 0 unspecified atom stereocenters. The fourth-order valence-electron chi connectivity index (χ4n) is 0.547. The first-order valence-corrected chi connectivity index (χ1v) is 3.96. The third kappa shape index (κ3) is 7.05. The summed E-state index contributed by atoms with van der Waals surface area (Å²) in [4.78, 5) is 0. The zero-order valence-corrected chi connectivity index (χ0v) is 8.20. The van der Waals surface area contributed by atoms with E-state index in [0.717, 1.165) is 17.8 Å². The Labute approximate surface area is 73.5 Å². The van der Waals surface area contributed by atoms with Gasteiger partial charge in [-0.25, -0.2) is 0 Å². The summed E-state index contributed by atoms with van der Waals surface area (Å²) in [5.41, 5.74) is 1.95. The lowest BCUT2D eigenvalue weighted by molar-refractivity contribution is 0.922. The van der Waals surface area contributed by atoms with E-state index in [4.69, 9.17) is 0 Å². The summed E-state index contributed by atoms with van der Waals surface area (Å²) in [7, 11) is 1.67. The lowest BCUT2D eigenvalue weighted by atomic mass is 10.3. The Kier molecular flexibility index (Phi) is 6.05. The summed E-state index contributed by atoms with van der Waals surface area (Å²) in [6.07, 6.45) is 0.828. The van der Waals surface area contributed by atoms with Gasteiger partial charge < -0.3 is 0 Å². The molecule has 4 nitrogen and oxygen atoms in total. The minimum absolute atomic E-state index is 0.699. The van der Waals surface area contributed by atoms with E-state index in [-0.39, 0.29) is 0 Å². The number of hydrogen-bond donors (Lipinski definition) is 0. The Bertz CT molecular complexity index is 199. The Hall–Kier alpha value is -1.06. The number of hydrogen-bond acceptors (Lipinski definition) is 4. The highest BCUT2D eigenvalue weighted by atomic mass is 15.2. The van der Waals surface area contributed by atoms with Gasteiger partial charge in [-0.3, -0.25) is 0 Å². The first-order chi connectivity index (χ1) is 5.66. The predicted molar refractivity (Wildman–Crippen MR) is 52.2 cm³/mol. The summed E-state index contributed by atoms with van der Waals surface area (Å²) >= 11 is 0. The molecule has 0 saturated heterocycles. The van der Waals surface area contributed by atoms with E-state index in [0.29, 0.717) is 6.54 Å². The van der Waals surface area contributed by atoms with Gasteiger partial charge in [-0.05, 0) is 20.8 Å². The van der Waals surface area contributed by atoms with Crippen LogP contribution in [0.3, 0.4) is 0 Å². The molecule has 0 aliphatic rings. The zero-order valence-electron chi connectivity index (χ0n) is 8.20. The lowest BCUT2D eigenvalue weighted by Gasteiger charge is -1.92. The average Bonchev–Trinajstić information content (AvgIpc) is 2.01. The summed E-state index contributed by atoms with van der Waals surface area (Å²) < 4.78 is 0. The molecule has 0 spiro atoms. The molecule has 0 rings (SSSR count). The Balaban J connectivity index is 3.78. The van der Waals surface area contributed by atoms with Crippen LogP contribution >= 0.6 is 0 Å². The van der Waals surface area contributed by atoms with E-state index in [1.165, 1.54) is 0 Å². The van der Waals surface area contributed by atoms with Crippen molar-refractivity contribution in [2.24, 2.45) is 20.4 Å². The third-order valence-corrected chi connectivity index (χ3v) is 1.14. The Morgan fingerprint density at radius 2 is 1.75 bits per heavy atom. The van der Waals surface area contributed by atoms with Gasteiger partial charge in [0.15, 0.2) is 0 Å². The molecule has 4 heteroatoms. The number of nitrogens with zero attached hydrogens (tertiary/aromatic N) is 4. The van der Waals surface area contributed by atoms with Crippen LogP contribution in [-0.4, -0.2) is 25.0 Å². The van der Waals surface area contributed by atoms with E-state index in [2.05, 4.69) is 20.4 Å². The molecule has 0 aromatic carbocycles. The van der Waals surface area contributed by atoms with Crippen LogP contribution in [0.1, 0.15) is 27.2 Å². The summed E-state index contributed by atoms with van der Waals surface area (Å²) in [5, 5.41) is 15.4. The highest BCUT2D eigenvalue weighted by molar-refractivity contribution is 5.84. The van der Waals surface area contributed by atoms with Gasteiger partial charge in [0.2, 0.25) is 0 Å². The summed E-state index contributed by atoms with van der Waals surface area (Å²) in [6, 6.07) is 0. The second-order valence-electron chi connectivity index (χ2n) is 2.70. The molecule has 0 aliphatic carbocycles. The molecule has 0 aliphatic heterocycles. The van der Waals surface area contributed by atoms with Crippen LogP contribution in [0.2, 0.25) is 0 Å². The molecule has 0 radical (unpaired) electrons. The van der Waals surface area contributed by atoms with E-state index < -0.39 is 0 Å². The largest absolute Gasteiger partial charge is 0.198 e. The molecule has 0 atom stereocenters. The van der Waals surface area contributed by atoms with E-state index >= 15 is 0 Å². The SMILES string of the molecule is CN=NCC/C(C)=N/N=C(C)C. The van der Waals surface area contributed by atoms with Crippen molar-refractivity contribution in [3.63, 3.8) is 0 Å². The molecule has 0 bridgehead atoms. The third-order valence-electron chi connectivity index (χ3n) is 1.14. The lowest BCUT2D eigenvalue weighted by Crippen LogP contribution is -1.93. The van der Waals surface area contributed by atoms with Crippen molar-refractivity contribution in [2.45, 2.75) is 27.2 Å². The maximum atomic E-state index is 4.00. The van der Waals surface area contributed by atoms with Gasteiger partial charge in [0.1, 0.15) is 0 Å². The molecule has 0 aromatic rings. The quantitative estimate of drug-likeness (QED) is 0.351. The molecule has 0 saturated carbocycles. The van der Waals surface area contributed by atoms with Gasteiger partial charge in [0.05, 0.1) is 6.54 Å². The standard InChI is InChI=1S/C8H16N4/c1-7(2)11-12-8(3)5-6-10-9-4/h5-6H2,1-4H3/b10-9?,12-8+. The second-order valence-corrected chi connectivity index (χ2v) is 2.70. The van der Waals surface area contributed by atoms with Crippen molar-refractivity contribution in [1.82, 2.24) is 0 Å². The van der Waals surface area contributed by atoms with Crippen LogP contribution < -0.4 is 0 Å². The van der Waals surface area contributed by atoms with Crippen LogP contribution in [-0.2, 0) is 0 Å². The van der Waals surface area contributed by atoms with E-state index in [1.54, 1.807) is 7.05 Å². The molecule has 0 heterocycles. The normalized spacial score (nSPS) is 12.2. The van der Waals surface area contributed by atoms with Crippen molar-refractivity contribution >= 4 is 11.4 Å². The average molecular weight is 168 g/mol. The minimum Gasteiger partial charge on any atom is -0.198 e. The van der Waals surface area contributed by atoms with Gasteiger partial charge in [0.25, 0.3) is 0 Å². The number of azo groups is 1. The molecular formula is C8H16N4. The smallest absolute Gasteiger partial charge is 0.0651 e. The Morgan fingerprint density at radius 3 is 2.25 bits per heavy atom. The maximum Gasteiger partial charge on any atom is 0.0651 e. The second kappa shape index (κ2) is 6.64. The zero-order chi connectivity index (χ0) is 9.40. The van der Waals surface area contributed by atoms with Crippen LogP contribution in [0.5, 0.6) is 0 Å². The predicted octanol–water partition coefficient (Wildman–Crippen LogP) is 2.32. The first-order valence-electron chi connectivity index (χ1n) is 3.96. The first kappa shape index (κ1) is 10.9. The van der Waals surface area contributed by atoms with Crippen molar-refractivity contribution in [1.29, 1.82) is 0 Å². The molecular weight excluding hydrogens is 152 g/mol. The molecule has 0 aromatic heterocycles. The van der Waals surface area contributed by atoms with Gasteiger partial charge in [-0.15, -0.1) is 0 Å².